The first-order chi connectivity index (χ1) is 12.9. The van der Waals surface area contributed by atoms with Crippen LogP contribution in [0.4, 0.5) is 0 Å². The van der Waals surface area contributed by atoms with E-state index in [1.54, 1.807) is 51.3 Å². The minimum Gasteiger partial charge on any atom is -0.550 e. The number of ether oxygens (including phenoxy) is 2. The molecule has 0 radical (unpaired) electrons. The van der Waals surface area contributed by atoms with E-state index in [1.165, 1.54) is 0 Å². The highest BCUT2D eigenvalue weighted by atomic mass is 16.5. The fraction of sp³-hybridized carbons (Fsp3) is 0.316. The van der Waals surface area contributed by atoms with Gasteiger partial charge in [-0.25, -0.2) is 5.43 Å². The van der Waals surface area contributed by atoms with Crippen LogP contribution in [0.15, 0.2) is 39.9 Å². The van der Waals surface area contributed by atoms with Gasteiger partial charge in [0.25, 0.3) is 5.91 Å². The Labute approximate surface area is 156 Å². The molecule has 0 atom stereocenters. The van der Waals surface area contributed by atoms with E-state index in [9.17, 15) is 14.7 Å². The molecule has 0 saturated heterocycles. The van der Waals surface area contributed by atoms with Gasteiger partial charge in [-0.1, -0.05) is 0 Å². The normalized spacial score (nSPS) is 11.1. The number of carbonyl (C=O) groups excluding carboxylic acids is 2. The molecule has 0 unspecified atom stereocenters. The molecule has 1 aromatic heterocycles. The van der Waals surface area contributed by atoms with Gasteiger partial charge >= 0.3 is 0 Å². The lowest BCUT2D eigenvalue weighted by Gasteiger charge is -2.06. The summed E-state index contributed by atoms with van der Waals surface area (Å²) in [6.45, 7) is 3.26. The van der Waals surface area contributed by atoms with Gasteiger partial charge in [0.05, 0.1) is 12.8 Å². The minimum atomic E-state index is -1.14. The van der Waals surface area contributed by atoms with E-state index < -0.39 is 11.9 Å². The van der Waals surface area contributed by atoms with E-state index >= 15 is 0 Å². The molecule has 27 heavy (non-hydrogen) atoms. The number of hydrazone groups is 1. The molecule has 2 aromatic rings. The average molecular weight is 373 g/mol. The van der Waals surface area contributed by atoms with Gasteiger partial charge in [-0.15, -0.1) is 0 Å². The van der Waals surface area contributed by atoms with Crippen molar-refractivity contribution in [1.29, 1.82) is 0 Å². The number of carboxylic acids is 1. The molecule has 1 heterocycles. The number of hydrogen-bond donors (Lipinski definition) is 1. The Bertz CT molecular complexity index is 823. The maximum Gasteiger partial charge on any atom is 0.277 e. The number of nitrogens with one attached hydrogen (secondary N) is 1. The van der Waals surface area contributed by atoms with E-state index in [2.05, 4.69) is 10.5 Å². The smallest absolute Gasteiger partial charge is 0.277 e. The van der Waals surface area contributed by atoms with Gasteiger partial charge in [0.2, 0.25) is 0 Å². The predicted molar refractivity (Wildman–Crippen MR) is 95.6 cm³/mol. The van der Waals surface area contributed by atoms with Crippen LogP contribution >= 0.6 is 0 Å². The molecular weight excluding hydrogens is 352 g/mol. The molecule has 0 saturated carbocycles. The molecule has 1 aromatic carbocycles. The maximum atomic E-state index is 11.9. The summed E-state index contributed by atoms with van der Waals surface area (Å²) in [6, 6.07) is 8.56. The first-order valence-electron chi connectivity index (χ1n) is 8.28. The average Bonchev–Trinajstić information content (AvgIpc) is 3.04. The molecule has 0 fully saturated rings. The van der Waals surface area contributed by atoms with Crippen molar-refractivity contribution in [2.75, 3.05) is 13.7 Å². The number of methoxy groups -OCH3 is 1. The van der Waals surface area contributed by atoms with E-state index in [-0.39, 0.29) is 19.4 Å². The second-order valence-electron chi connectivity index (χ2n) is 5.75. The summed E-state index contributed by atoms with van der Waals surface area (Å²) in [5.74, 6) is 0.795. The van der Waals surface area contributed by atoms with Crippen molar-refractivity contribution < 1.29 is 28.6 Å². The summed E-state index contributed by atoms with van der Waals surface area (Å²) in [4.78, 5) is 22.4. The molecule has 144 valence electrons. The van der Waals surface area contributed by atoms with E-state index in [4.69, 9.17) is 13.9 Å². The Balaban J connectivity index is 1.88. The molecule has 0 aliphatic rings. The third-order valence-corrected chi connectivity index (χ3v) is 3.71. The number of carbonyl (C=O) groups is 2. The van der Waals surface area contributed by atoms with Crippen molar-refractivity contribution >= 4 is 17.6 Å². The van der Waals surface area contributed by atoms with Crippen molar-refractivity contribution in [3.63, 3.8) is 0 Å². The van der Waals surface area contributed by atoms with Gasteiger partial charge < -0.3 is 23.8 Å². The monoisotopic (exact) mass is 373 g/mol. The number of nitrogens with zero attached hydrogens (tertiary/aromatic N) is 1. The van der Waals surface area contributed by atoms with Crippen LogP contribution < -0.4 is 20.0 Å². The van der Waals surface area contributed by atoms with Gasteiger partial charge in [0.1, 0.15) is 23.0 Å². The van der Waals surface area contributed by atoms with E-state index in [0.29, 0.717) is 34.3 Å². The largest absolute Gasteiger partial charge is 0.550 e. The van der Waals surface area contributed by atoms with Crippen LogP contribution in [0.25, 0.3) is 0 Å². The molecule has 8 heteroatoms. The molecule has 0 spiro atoms. The lowest BCUT2D eigenvalue weighted by atomic mass is 10.1. The fourth-order valence-corrected chi connectivity index (χ4v) is 2.31. The molecule has 0 aliphatic heterocycles. The Morgan fingerprint density at radius 3 is 2.52 bits per heavy atom. The Kier molecular flexibility index (Phi) is 6.99. The van der Waals surface area contributed by atoms with Crippen LogP contribution in [0.2, 0.25) is 0 Å². The minimum absolute atomic E-state index is 0.123. The van der Waals surface area contributed by atoms with Crippen LogP contribution in [0.3, 0.4) is 0 Å². The maximum absolute atomic E-state index is 11.9. The fourth-order valence-electron chi connectivity index (χ4n) is 2.31. The van der Waals surface area contributed by atoms with Crippen LogP contribution in [0.1, 0.15) is 30.4 Å². The molecule has 2 rings (SSSR count). The first kappa shape index (κ1) is 20.0. The van der Waals surface area contributed by atoms with Crippen molar-refractivity contribution in [1.82, 2.24) is 5.43 Å². The molecular formula is C19H21N2O6-. The van der Waals surface area contributed by atoms with Gasteiger partial charge in [-0.3, -0.25) is 4.79 Å². The molecule has 1 amide bonds. The van der Waals surface area contributed by atoms with E-state index in [1.807, 2.05) is 0 Å². The third kappa shape index (κ3) is 6.18. The number of benzene rings is 1. The zero-order valence-corrected chi connectivity index (χ0v) is 15.4. The lowest BCUT2D eigenvalue weighted by molar-refractivity contribution is -0.305. The topological polar surface area (TPSA) is 113 Å². The number of furan rings is 1. The second kappa shape index (κ2) is 9.42. The third-order valence-electron chi connectivity index (χ3n) is 3.71. The Hall–Kier alpha value is -3.29. The number of amides is 1. The Morgan fingerprint density at radius 1 is 1.22 bits per heavy atom. The Morgan fingerprint density at radius 2 is 1.89 bits per heavy atom. The standard InChI is InChI=1S/C19H22N2O6/c1-12(17-10-16(27-13(17)2)8-9-19(23)24)20-21-18(22)11-26-15-6-4-14(25-3)5-7-15/h4-7,10H,8-9,11H2,1-3H3,(H,21,22)(H,23,24)/p-1/b20-12-. The van der Waals surface area contributed by atoms with Crippen LogP contribution in [0.5, 0.6) is 11.5 Å². The molecule has 8 nitrogen and oxygen atoms in total. The van der Waals surface area contributed by atoms with E-state index in [0.717, 1.165) is 0 Å². The quantitative estimate of drug-likeness (QED) is 0.522. The van der Waals surface area contributed by atoms with Crippen molar-refractivity contribution in [3.8, 4) is 11.5 Å². The highest BCUT2D eigenvalue weighted by Crippen LogP contribution is 2.18. The number of aryl methyl sites for hydroxylation is 2. The number of rotatable bonds is 9. The van der Waals surface area contributed by atoms with Crippen LogP contribution in [0, 0.1) is 6.92 Å². The predicted octanol–water partition coefficient (Wildman–Crippen LogP) is 1.20. The zero-order chi connectivity index (χ0) is 19.8. The van der Waals surface area contributed by atoms with Gasteiger partial charge in [-0.2, -0.15) is 5.10 Å². The van der Waals surface area contributed by atoms with Gasteiger partial charge in [0, 0.05) is 18.0 Å². The summed E-state index contributed by atoms with van der Waals surface area (Å²) in [5, 5.41) is 14.6. The number of aliphatic carboxylic acids is 1. The summed E-state index contributed by atoms with van der Waals surface area (Å²) in [7, 11) is 1.57. The number of hydrogen-bond acceptors (Lipinski definition) is 7. The lowest BCUT2D eigenvalue weighted by Crippen LogP contribution is -2.25. The first-order valence-corrected chi connectivity index (χ1v) is 8.28. The van der Waals surface area contributed by atoms with Gasteiger partial charge in [0.15, 0.2) is 6.61 Å². The molecule has 1 N–H and O–H groups in total. The highest BCUT2D eigenvalue weighted by molar-refractivity contribution is 6.00. The summed E-state index contributed by atoms with van der Waals surface area (Å²) >= 11 is 0. The van der Waals surface area contributed by atoms with Gasteiger partial charge in [-0.05, 0) is 50.6 Å². The second-order valence-corrected chi connectivity index (χ2v) is 5.75. The number of carboxylic acid groups (broad SMARTS) is 1. The zero-order valence-electron chi connectivity index (χ0n) is 15.4. The summed E-state index contributed by atoms with van der Waals surface area (Å²) < 4.78 is 15.9. The van der Waals surface area contributed by atoms with Crippen molar-refractivity contribution in [3.05, 3.63) is 47.4 Å². The van der Waals surface area contributed by atoms with Crippen LogP contribution in [-0.2, 0) is 16.0 Å². The molecule has 0 aliphatic carbocycles. The van der Waals surface area contributed by atoms with Crippen molar-refractivity contribution in [2.24, 2.45) is 5.10 Å². The highest BCUT2D eigenvalue weighted by Gasteiger charge is 2.11. The molecule has 0 bridgehead atoms. The van der Waals surface area contributed by atoms with Crippen LogP contribution in [-0.4, -0.2) is 31.3 Å². The summed E-state index contributed by atoms with van der Waals surface area (Å²) in [6.07, 6.45) is 0.112. The SMILES string of the molecule is COc1ccc(OCC(=O)N/N=C(/C)c2cc(CCC(=O)[O-])oc2C)cc1. The van der Waals surface area contributed by atoms with Crippen molar-refractivity contribution in [2.45, 2.75) is 26.7 Å². The summed E-state index contributed by atoms with van der Waals surface area (Å²) in [5.41, 5.74) is 3.64.